The van der Waals surface area contributed by atoms with Gasteiger partial charge in [0.05, 0.1) is 0 Å². The van der Waals surface area contributed by atoms with Crippen molar-refractivity contribution in [1.82, 2.24) is 10.7 Å². The van der Waals surface area contributed by atoms with Crippen LogP contribution in [0.15, 0.2) is 0 Å². The van der Waals surface area contributed by atoms with E-state index in [0.29, 0.717) is 0 Å². The molecule has 4 N–H and O–H groups in total. The van der Waals surface area contributed by atoms with Crippen molar-refractivity contribution in [1.29, 1.82) is 0 Å². The average Bonchev–Trinajstić information content (AvgIpc) is 1.65. The zero-order valence-corrected chi connectivity index (χ0v) is 5.55. The van der Waals surface area contributed by atoms with Crippen LogP contribution in [0.4, 0.5) is 4.79 Å². The molecule has 0 radical (unpaired) electrons. The van der Waals surface area contributed by atoms with E-state index in [1.807, 2.05) is 5.43 Å². The van der Waals surface area contributed by atoms with Crippen LogP contribution in [0.3, 0.4) is 0 Å². The van der Waals surface area contributed by atoms with Gasteiger partial charge >= 0.3 is 6.03 Å². The molecule has 2 amide bonds. The van der Waals surface area contributed by atoms with Crippen LogP contribution in [0.5, 0.6) is 0 Å². The number of thiol groups is 1. The molecule has 0 saturated carbocycles. The maximum absolute atomic E-state index is 10.1. The summed E-state index contributed by atoms with van der Waals surface area (Å²) in [6.07, 6.45) is 0. The lowest BCUT2D eigenvalue weighted by Crippen LogP contribution is -2.40. The third-order valence-electron chi connectivity index (χ3n) is 0.352. The van der Waals surface area contributed by atoms with Gasteiger partial charge in [-0.2, -0.15) is 0 Å². The average molecular weight is 151 g/mol. The van der Waals surface area contributed by atoms with Crippen LogP contribution in [0, 0.1) is 0 Å². The minimum atomic E-state index is -0.565. The van der Waals surface area contributed by atoms with E-state index < -0.39 is 6.03 Å². The molecule has 4 nitrogen and oxygen atoms in total. The first-order valence-corrected chi connectivity index (χ1v) is 2.53. The van der Waals surface area contributed by atoms with Gasteiger partial charge in [-0.15, -0.1) is 12.6 Å². The summed E-state index contributed by atoms with van der Waals surface area (Å²) in [7, 11) is 0. The Morgan fingerprint density at radius 3 is 2.38 bits per heavy atom. The first kappa shape index (κ1) is 7.67. The van der Waals surface area contributed by atoms with Crippen molar-refractivity contribution in [3.8, 4) is 0 Å². The Morgan fingerprint density at radius 1 is 1.75 bits per heavy atom. The van der Waals surface area contributed by atoms with Crippen molar-refractivity contribution in [3.05, 3.63) is 0 Å². The fourth-order valence-electron chi connectivity index (χ4n) is 0.133. The van der Waals surface area contributed by atoms with Gasteiger partial charge in [0.15, 0.2) is 0 Å². The Bertz CT molecular complexity index is 114. The van der Waals surface area contributed by atoms with E-state index in [1.54, 1.807) is 0 Å². The molecule has 8 heavy (non-hydrogen) atoms. The van der Waals surface area contributed by atoms with Crippen molar-refractivity contribution >= 4 is 35.2 Å². The second-order valence-electron chi connectivity index (χ2n) is 0.904. The first-order valence-electron chi connectivity index (χ1n) is 1.67. The molecule has 0 aromatic carbocycles. The number of carbonyl (C=O) groups is 1. The number of nitrogens with two attached hydrogens (primary N) is 1. The van der Waals surface area contributed by atoms with Crippen LogP contribution >= 0.6 is 24.8 Å². The summed E-state index contributed by atoms with van der Waals surface area (Å²) in [5, 5.41) is 2.11. The Hall–Kier alpha value is -0.330. The van der Waals surface area contributed by atoms with Crippen LogP contribution in [0.2, 0.25) is 0 Å². The quantitative estimate of drug-likeness (QED) is 0.123. The van der Waals surface area contributed by atoms with Gasteiger partial charge in [-0.25, -0.2) is 10.6 Å². The van der Waals surface area contributed by atoms with Crippen molar-refractivity contribution in [2.24, 2.45) is 5.84 Å². The molecule has 0 aliphatic rings. The van der Waals surface area contributed by atoms with E-state index in [0.717, 1.165) is 0 Å². The summed E-state index contributed by atoms with van der Waals surface area (Å²) in [4.78, 5) is 10.1. The van der Waals surface area contributed by atoms with Gasteiger partial charge in [0.1, 0.15) is 4.32 Å². The Balaban J connectivity index is 3.40. The molecule has 0 aliphatic heterocycles. The summed E-state index contributed by atoms with van der Waals surface area (Å²) in [6, 6.07) is -0.565. The lowest BCUT2D eigenvalue weighted by molar-refractivity contribution is 0.246. The molecule has 46 valence electrons. The minimum Gasteiger partial charge on any atom is -0.292 e. The van der Waals surface area contributed by atoms with Gasteiger partial charge in [-0.3, -0.25) is 10.7 Å². The molecule has 0 spiro atoms. The highest BCUT2D eigenvalue weighted by molar-refractivity contribution is 8.11. The molecule has 0 rings (SSSR count). The van der Waals surface area contributed by atoms with E-state index in [9.17, 15) is 4.79 Å². The Labute approximate surface area is 57.2 Å². The molecule has 6 heteroatoms. The number of urea groups is 1. The standard InChI is InChI=1S/C2H5N3OS2/c3-5-1(6)4-2(7)8/h3H2,(H3,4,5,6,7,8). The summed E-state index contributed by atoms with van der Waals surface area (Å²) in [5.74, 6) is 4.66. The van der Waals surface area contributed by atoms with Gasteiger partial charge in [-0.05, 0) is 0 Å². The van der Waals surface area contributed by atoms with Crippen LogP contribution in [-0.2, 0) is 0 Å². The number of thiocarbonyl (C=S) groups is 1. The van der Waals surface area contributed by atoms with Crippen LogP contribution in [-0.4, -0.2) is 10.4 Å². The summed E-state index contributed by atoms with van der Waals surface area (Å²) < 4.78 is 0.0907. The SMILES string of the molecule is NNC(=O)NC(=S)S. The van der Waals surface area contributed by atoms with Crippen LogP contribution < -0.4 is 16.6 Å². The number of amides is 2. The van der Waals surface area contributed by atoms with E-state index in [1.165, 1.54) is 0 Å². The number of rotatable bonds is 0. The molecule has 0 aromatic heterocycles. The number of hydrogen-bond acceptors (Lipinski definition) is 3. The van der Waals surface area contributed by atoms with Gasteiger partial charge in [0.2, 0.25) is 0 Å². The van der Waals surface area contributed by atoms with Gasteiger partial charge < -0.3 is 0 Å². The number of hydrogen-bond donors (Lipinski definition) is 4. The van der Waals surface area contributed by atoms with Crippen molar-refractivity contribution in [2.75, 3.05) is 0 Å². The topological polar surface area (TPSA) is 67.1 Å². The molecular weight excluding hydrogens is 146 g/mol. The highest BCUT2D eigenvalue weighted by Gasteiger charge is 1.93. The third kappa shape index (κ3) is 3.85. The predicted octanol–water partition coefficient (Wildman–Crippen LogP) is -0.626. The molecular formula is C2H5N3OS2. The van der Waals surface area contributed by atoms with Gasteiger partial charge in [-0.1, -0.05) is 12.2 Å². The third-order valence-corrected chi connectivity index (χ3v) is 0.565. The van der Waals surface area contributed by atoms with Crippen molar-refractivity contribution < 1.29 is 4.79 Å². The molecule has 0 unspecified atom stereocenters. The lowest BCUT2D eigenvalue weighted by Gasteiger charge is -1.96. The highest BCUT2D eigenvalue weighted by atomic mass is 32.1. The maximum Gasteiger partial charge on any atom is 0.334 e. The Kier molecular flexibility index (Phi) is 3.49. The Morgan fingerprint density at radius 2 is 2.25 bits per heavy atom. The maximum atomic E-state index is 10.1. The smallest absolute Gasteiger partial charge is 0.292 e. The van der Waals surface area contributed by atoms with Crippen LogP contribution in [0.25, 0.3) is 0 Å². The van der Waals surface area contributed by atoms with Crippen LogP contribution in [0.1, 0.15) is 0 Å². The molecule has 0 bridgehead atoms. The highest BCUT2D eigenvalue weighted by Crippen LogP contribution is 1.74. The number of carbonyl (C=O) groups excluding carboxylic acids is 1. The van der Waals surface area contributed by atoms with E-state index in [4.69, 9.17) is 0 Å². The lowest BCUT2D eigenvalue weighted by atomic mass is 11.0. The molecule has 0 aromatic rings. The van der Waals surface area contributed by atoms with E-state index in [-0.39, 0.29) is 4.32 Å². The fraction of sp³-hybridized carbons (Fsp3) is 0. The summed E-state index contributed by atoms with van der Waals surface area (Å²) in [6.45, 7) is 0. The second kappa shape index (κ2) is 3.65. The predicted molar refractivity (Wildman–Crippen MR) is 37.4 cm³/mol. The first-order chi connectivity index (χ1) is 3.66. The van der Waals surface area contributed by atoms with Gasteiger partial charge in [0.25, 0.3) is 0 Å². The molecule has 0 heterocycles. The van der Waals surface area contributed by atoms with Crippen molar-refractivity contribution in [2.45, 2.75) is 0 Å². The molecule has 0 fully saturated rings. The fourth-order valence-corrected chi connectivity index (χ4v) is 0.327. The zero-order valence-electron chi connectivity index (χ0n) is 3.84. The normalized spacial score (nSPS) is 7.75. The van der Waals surface area contributed by atoms with Gasteiger partial charge in [0, 0.05) is 0 Å². The van der Waals surface area contributed by atoms with E-state index >= 15 is 0 Å². The monoisotopic (exact) mass is 151 g/mol. The zero-order chi connectivity index (χ0) is 6.57. The second-order valence-corrected chi connectivity index (χ2v) is 2.06. The molecule has 0 saturated heterocycles. The number of hydrazine groups is 1. The van der Waals surface area contributed by atoms with Crippen molar-refractivity contribution in [3.63, 3.8) is 0 Å². The largest absolute Gasteiger partial charge is 0.334 e. The summed E-state index contributed by atoms with van der Waals surface area (Å²) >= 11 is 7.97. The molecule has 0 atom stereocenters. The minimum absolute atomic E-state index is 0.0907. The number of nitrogens with one attached hydrogen (secondary N) is 2. The molecule has 0 aliphatic carbocycles. The van der Waals surface area contributed by atoms with E-state index in [2.05, 4.69) is 36.0 Å². The summed E-state index contributed by atoms with van der Waals surface area (Å²) in [5.41, 5.74) is 1.81.